The summed E-state index contributed by atoms with van der Waals surface area (Å²) in [5.74, 6) is -2.63. The standard InChI is InChI=1S/C37H42N10O13P2/c1-19(2)32(49)44-37-43-31-27(34(51)45-37)41-18-47(31)36-29(20(3)24(15-48)57-36)60-62(54,55-14-8-12-38)56-16-25-28(59-61(52)53)21(4)35(58-25)46-17-40-26-23(46)11-13-39-30(26)42-33(50)22-9-6-5-7-10-22/h5-7,9-11,13,17-21,24-25,28-29,35-36,48H,8,14-16H2,1-4H3,(H3-,39,42,43,44,45,49,50,51,52,53)/p+1/t20-,21-,24-,25-,28+,29-,35-,36-,62?/m1/s1. The van der Waals surface area contributed by atoms with E-state index in [-0.39, 0.29) is 29.4 Å². The number of phosphoric ester groups is 1. The minimum absolute atomic E-state index is 0.0376. The number of aliphatic hydroxyl groups excluding tert-OH is 1. The van der Waals surface area contributed by atoms with Crippen LogP contribution < -0.4 is 16.2 Å². The highest BCUT2D eigenvalue weighted by Gasteiger charge is 2.52. The van der Waals surface area contributed by atoms with Crippen molar-refractivity contribution < 1.29 is 56.3 Å². The van der Waals surface area contributed by atoms with E-state index in [2.05, 4.69) is 35.6 Å². The number of nitrogens with one attached hydrogen (secondary N) is 3. The van der Waals surface area contributed by atoms with Gasteiger partial charge in [0.25, 0.3) is 11.5 Å². The number of aromatic amines is 1. The molecule has 0 bridgehead atoms. The van der Waals surface area contributed by atoms with Crippen LogP contribution in [0.2, 0.25) is 0 Å². The second-order valence-corrected chi connectivity index (χ2v) is 17.1. The molecule has 5 N–H and O–H groups in total. The number of nitrogens with zero attached hydrogens (tertiary/aromatic N) is 7. The molecule has 2 aliphatic heterocycles. The zero-order valence-corrected chi connectivity index (χ0v) is 35.4. The van der Waals surface area contributed by atoms with Crippen LogP contribution in [0.5, 0.6) is 0 Å². The summed E-state index contributed by atoms with van der Waals surface area (Å²) < 4.78 is 65.3. The number of ether oxygens (including phenoxy) is 2. The third kappa shape index (κ3) is 9.35. The zero-order valence-electron chi connectivity index (χ0n) is 33.6. The maximum Gasteiger partial charge on any atom is 0.695 e. The lowest BCUT2D eigenvalue weighted by Gasteiger charge is -2.27. The largest absolute Gasteiger partial charge is 0.695 e. The fraction of sp³-hybridized carbons (Fsp3) is 0.459. The molecule has 7 rings (SSSR count). The Bertz CT molecular complexity index is 2600. The lowest BCUT2D eigenvalue weighted by Crippen LogP contribution is -2.32. The first-order chi connectivity index (χ1) is 29.7. The molecule has 25 heteroatoms. The van der Waals surface area contributed by atoms with Gasteiger partial charge in [-0.15, -0.1) is 9.42 Å². The van der Waals surface area contributed by atoms with Crippen molar-refractivity contribution in [3.8, 4) is 6.07 Å². The van der Waals surface area contributed by atoms with E-state index in [1.807, 2.05) is 6.07 Å². The highest BCUT2D eigenvalue weighted by Crippen LogP contribution is 2.56. The van der Waals surface area contributed by atoms with Crippen molar-refractivity contribution in [2.75, 3.05) is 30.5 Å². The van der Waals surface area contributed by atoms with E-state index < -0.39 is 108 Å². The van der Waals surface area contributed by atoms with Gasteiger partial charge in [-0.05, 0) is 18.2 Å². The number of aliphatic hydroxyl groups is 1. The third-order valence-corrected chi connectivity index (χ3v) is 12.2. The number of fused-ring (bicyclic) bond motifs is 2. The molecule has 2 fully saturated rings. The number of benzene rings is 1. The van der Waals surface area contributed by atoms with Crippen molar-refractivity contribution in [3.63, 3.8) is 0 Å². The number of hydrogen-bond donors (Lipinski definition) is 5. The molecule has 4 aromatic heterocycles. The number of carbonyl (C=O) groups excluding carboxylic acids is 2. The van der Waals surface area contributed by atoms with Crippen molar-refractivity contribution in [1.29, 1.82) is 5.26 Å². The molecule has 2 aliphatic rings. The number of amides is 2. The first-order valence-electron chi connectivity index (χ1n) is 19.4. The molecule has 23 nitrogen and oxygen atoms in total. The predicted molar refractivity (Wildman–Crippen MR) is 216 cm³/mol. The second-order valence-electron chi connectivity index (χ2n) is 14.8. The van der Waals surface area contributed by atoms with Gasteiger partial charge in [0.05, 0.1) is 56.6 Å². The Morgan fingerprint density at radius 1 is 1.00 bits per heavy atom. The summed E-state index contributed by atoms with van der Waals surface area (Å²) in [6, 6.07) is 12.1. The lowest BCUT2D eigenvalue weighted by molar-refractivity contribution is -0.118. The molecule has 0 radical (unpaired) electrons. The van der Waals surface area contributed by atoms with Crippen molar-refractivity contribution in [1.82, 2.24) is 34.1 Å². The van der Waals surface area contributed by atoms with Gasteiger partial charge in [0.2, 0.25) is 11.9 Å². The summed E-state index contributed by atoms with van der Waals surface area (Å²) in [5.41, 5.74) is 0.384. The Morgan fingerprint density at radius 2 is 1.73 bits per heavy atom. The molecule has 0 aliphatic carbocycles. The van der Waals surface area contributed by atoms with Crippen LogP contribution in [-0.2, 0) is 41.5 Å². The first kappa shape index (κ1) is 44.7. The minimum Gasteiger partial charge on any atom is -0.394 e. The van der Waals surface area contributed by atoms with E-state index in [1.165, 1.54) is 23.4 Å². The molecular weight excluding hydrogens is 854 g/mol. The first-order valence-corrected chi connectivity index (χ1v) is 22.0. The maximum atomic E-state index is 14.6. The number of aromatic nitrogens is 7. The van der Waals surface area contributed by atoms with E-state index in [4.69, 9.17) is 27.6 Å². The minimum atomic E-state index is -4.75. The molecule has 10 atom stereocenters. The van der Waals surface area contributed by atoms with Gasteiger partial charge in [0, 0.05) is 34.1 Å². The number of anilines is 2. The van der Waals surface area contributed by atoms with Crippen LogP contribution in [-0.4, -0.2) is 100 Å². The Labute approximate surface area is 353 Å². The Kier molecular flexibility index (Phi) is 13.6. The Balaban J connectivity index is 1.15. The third-order valence-electron chi connectivity index (χ3n) is 10.4. The van der Waals surface area contributed by atoms with Crippen LogP contribution in [0.15, 0.2) is 60.0 Å². The molecule has 2 unspecified atom stereocenters. The highest BCUT2D eigenvalue weighted by molar-refractivity contribution is 7.48. The van der Waals surface area contributed by atoms with Crippen LogP contribution >= 0.6 is 16.1 Å². The van der Waals surface area contributed by atoms with Crippen LogP contribution in [0.4, 0.5) is 11.8 Å². The molecular formula is C37H43N10O13P2+. The van der Waals surface area contributed by atoms with Gasteiger partial charge < -0.3 is 24.5 Å². The molecule has 62 heavy (non-hydrogen) atoms. The summed E-state index contributed by atoms with van der Waals surface area (Å²) in [5, 5.41) is 24.8. The molecule has 2 saturated heterocycles. The molecule has 328 valence electrons. The highest BCUT2D eigenvalue weighted by atomic mass is 31.2. The van der Waals surface area contributed by atoms with Gasteiger partial charge in [-0.25, -0.2) is 19.5 Å². The van der Waals surface area contributed by atoms with E-state index in [0.717, 1.165) is 0 Å². The summed E-state index contributed by atoms with van der Waals surface area (Å²) in [6.45, 7) is 5.17. The number of pyridine rings is 1. The smallest absolute Gasteiger partial charge is 0.394 e. The van der Waals surface area contributed by atoms with E-state index in [0.29, 0.717) is 16.6 Å². The van der Waals surface area contributed by atoms with Crippen LogP contribution in [0, 0.1) is 29.1 Å². The monoisotopic (exact) mass is 897 g/mol. The van der Waals surface area contributed by atoms with Crippen LogP contribution in [0.3, 0.4) is 0 Å². The summed E-state index contributed by atoms with van der Waals surface area (Å²) >= 11 is 0. The van der Waals surface area contributed by atoms with Gasteiger partial charge in [-0.1, -0.05) is 45.9 Å². The zero-order chi connectivity index (χ0) is 44.3. The summed E-state index contributed by atoms with van der Waals surface area (Å²) in [6.07, 6.45) is -2.68. The van der Waals surface area contributed by atoms with Gasteiger partial charge in [0.15, 0.2) is 29.3 Å². The maximum absolute atomic E-state index is 14.6. The fourth-order valence-electron chi connectivity index (χ4n) is 7.11. The predicted octanol–water partition coefficient (Wildman–Crippen LogP) is 3.95. The average molecular weight is 898 g/mol. The number of carbonyl (C=O) groups is 2. The Hall–Kier alpha value is -5.37. The van der Waals surface area contributed by atoms with Gasteiger partial charge in [0.1, 0.15) is 24.0 Å². The topological polar surface area (TPSA) is 306 Å². The summed E-state index contributed by atoms with van der Waals surface area (Å²) in [7, 11) is -7.93. The number of phosphoric acid groups is 1. The number of H-pyrrole nitrogens is 1. The second kappa shape index (κ2) is 18.9. The number of rotatable bonds is 17. The number of hydrogen-bond acceptors (Lipinski definition) is 17. The van der Waals surface area contributed by atoms with E-state index >= 15 is 0 Å². The van der Waals surface area contributed by atoms with Gasteiger partial charge in [-0.3, -0.25) is 42.8 Å². The SMILES string of the molecule is CC(C)C(=O)Nc1nc2c(ncn2[C@@H]2O[C@H](CO)[C@@H](C)[C@H]2OP(=O)(OCCC#N)OC[C@H]2O[C@@H](n3cnc4c(NC(=O)c5ccccc5)nccc43)[C@H](C)[C@@H]2O[P+](=O)O)c(=O)[nH]1. The van der Waals surface area contributed by atoms with Crippen molar-refractivity contribution in [2.24, 2.45) is 17.8 Å². The van der Waals surface area contributed by atoms with E-state index in [9.17, 15) is 38.8 Å². The van der Waals surface area contributed by atoms with Crippen molar-refractivity contribution >= 4 is 61.9 Å². The van der Waals surface area contributed by atoms with Crippen LogP contribution in [0.25, 0.3) is 22.2 Å². The normalized spacial score (nSPS) is 24.9. The average Bonchev–Trinajstić information content (AvgIpc) is 4.02. The lowest BCUT2D eigenvalue weighted by atomic mass is 10.0. The molecule has 6 heterocycles. The summed E-state index contributed by atoms with van der Waals surface area (Å²) in [4.78, 5) is 68.1. The molecule has 2 amide bonds. The Morgan fingerprint density at radius 3 is 2.44 bits per heavy atom. The van der Waals surface area contributed by atoms with Crippen LogP contribution in [0.1, 0.15) is 56.9 Å². The van der Waals surface area contributed by atoms with Crippen molar-refractivity contribution in [3.05, 3.63) is 71.2 Å². The van der Waals surface area contributed by atoms with E-state index in [1.54, 1.807) is 68.7 Å². The molecule has 1 aromatic carbocycles. The molecule has 5 aromatic rings. The number of imidazole rings is 2. The molecule has 0 spiro atoms. The van der Waals surface area contributed by atoms with Gasteiger partial charge in [-0.2, -0.15) is 10.2 Å². The quantitative estimate of drug-likeness (QED) is 0.0652. The fourth-order valence-corrected chi connectivity index (χ4v) is 9.08. The van der Waals surface area contributed by atoms with Crippen molar-refractivity contribution in [2.45, 2.75) is 71.0 Å². The number of nitriles is 1. The molecule has 0 saturated carbocycles. The van der Waals surface area contributed by atoms with Gasteiger partial charge >= 0.3 is 16.1 Å².